The Morgan fingerprint density at radius 2 is 1.86 bits per heavy atom. The summed E-state index contributed by atoms with van der Waals surface area (Å²) in [5.74, 6) is -8.58. The summed E-state index contributed by atoms with van der Waals surface area (Å²) in [4.78, 5) is 28.7. The minimum atomic E-state index is -1.70. The molecule has 0 bridgehead atoms. The van der Waals surface area contributed by atoms with Crippen molar-refractivity contribution in [3.05, 3.63) is 63.9 Å². The van der Waals surface area contributed by atoms with E-state index in [9.17, 15) is 22.8 Å². The molecule has 0 radical (unpaired) electrons. The second kappa shape index (κ2) is 9.48. The number of esters is 1. The van der Waals surface area contributed by atoms with Gasteiger partial charge in [0.25, 0.3) is 0 Å². The van der Waals surface area contributed by atoms with Gasteiger partial charge in [0.05, 0.1) is 24.5 Å². The molecular weight excluding hydrogens is 399 g/mol. The Labute approximate surface area is 163 Å². The van der Waals surface area contributed by atoms with Crippen molar-refractivity contribution in [3.63, 3.8) is 0 Å². The molecule has 0 spiro atoms. The molecular formula is C19H15ClF3NO4. The third-order valence-corrected chi connectivity index (χ3v) is 4.01. The lowest BCUT2D eigenvalue weighted by Gasteiger charge is -2.12. The van der Waals surface area contributed by atoms with Crippen LogP contribution in [-0.2, 0) is 16.1 Å². The van der Waals surface area contributed by atoms with Crippen LogP contribution < -0.4 is 0 Å². The van der Waals surface area contributed by atoms with Gasteiger partial charge in [0.2, 0.25) is 0 Å². The highest BCUT2D eigenvalue weighted by Gasteiger charge is 2.32. The van der Waals surface area contributed by atoms with E-state index in [-0.39, 0.29) is 13.2 Å². The van der Waals surface area contributed by atoms with Gasteiger partial charge in [-0.3, -0.25) is 14.6 Å². The Morgan fingerprint density at radius 3 is 2.43 bits per heavy atom. The van der Waals surface area contributed by atoms with Crippen molar-refractivity contribution in [1.82, 2.24) is 0 Å². The van der Waals surface area contributed by atoms with Crippen LogP contribution in [0, 0.1) is 23.4 Å². The number of ketones is 1. The van der Waals surface area contributed by atoms with Crippen molar-refractivity contribution >= 4 is 35.3 Å². The number of nitrogens with zero attached hydrogens (tertiary/aromatic N) is 1. The molecule has 2 aromatic carbocycles. The Bertz CT molecular complexity index is 916. The summed E-state index contributed by atoms with van der Waals surface area (Å²) in [6, 6.07) is 6.51. The summed E-state index contributed by atoms with van der Waals surface area (Å²) in [6.45, 7) is 1.26. The quantitative estimate of drug-likeness (QED) is 0.186. The van der Waals surface area contributed by atoms with E-state index in [4.69, 9.17) is 21.4 Å². The van der Waals surface area contributed by atoms with Crippen LogP contribution in [0.2, 0.25) is 5.02 Å². The van der Waals surface area contributed by atoms with Crippen LogP contribution in [0.1, 0.15) is 22.8 Å². The molecule has 1 N–H and O–H groups in total. The fourth-order valence-corrected chi connectivity index (χ4v) is 2.43. The van der Waals surface area contributed by atoms with E-state index in [0.717, 1.165) is 6.21 Å². The second-order valence-electron chi connectivity index (χ2n) is 5.54. The maximum atomic E-state index is 14.2. The number of aliphatic imine (C=N–C) groups is 1. The van der Waals surface area contributed by atoms with Gasteiger partial charge >= 0.3 is 5.97 Å². The van der Waals surface area contributed by atoms with Crippen molar-refractivity contribution in [1.29, 1.82) is 0 Å². The lowest BCUT2D eigenvalue weighted by atomic mass is 9.97. The minimum absolute atomic E-state index is 0.0668. The van der Waals surface area contributed by atoms with E-state index in [0.29, 0.717) is 17.3 Å². The molecule has 0 aliphatic heterocycles. The number of Topliss-reactive ketones (excluding diaryl/α,β-unsaturated/α-hetero) is 1. The lowest BCUT2D eigenvalue weighted by molar-refractivity contribution is -0.143. The van der Waals surface area contributed by atoms with Gasteiger partial charge in [-0.25, -0.2) is 13.2 Å². The average molecular weight is 414 g/mol. The molecule has 0 saturated carbocycles. The third-order valence-electron chi connectivity index (χ3n) is 3.68. The monoisotopic (exact) mass is 413 g/mol. The molecule has 28 heavy (non-hydrogen) atoms. The van der Waals surface area contributed by atoms with Gasteiger partial charge in [-0.2, -0.15) is 0 Å². The Balaban J connectivity index is 2.41. The fraction of sp³-hybridized carbons (Fsp3) is 0.211. The molecule has 0 fully saturated rings. The number of ether oxygens (including phenoxy) is 1. The first kappa shape index (κ1) is 21.6. The molecule has 1 atom stereocenters. The van der Waals surface area contributed by atoms with Crippen LogP contribution in [0.3, 0.4) is 0 Å². The molecule has 2 rings (SSSR count). The van der Waals surface area contributed by atoms with Gasteiger partial charge in [0, 0.05) is 6.21 Å². The van der Waals surface area contributed by atoms with Gasteiger partial charge in [-0.05, 0) is 30.7 Å². The van der Waals surface area contributed by atoms with E-state index < -0.39 is 45.7 Å². The summed E-state index contributed by atoms with van der Waals surface area (Å²) in [5, 5.41) is 7.83. The highest BCUT2D eigenvalue weighted by Crippen LogP contribution is 2.26. The van der Waals surface area contributed by atoms with Gasteiger partial charge in [0.1, 0.15) is 5.02 Å². The molecule has 148 valence electrons. The molecule has 0 amide bonds. The maximum Gasteiger partial charge on any atom is 0.322 e. The summed E-state index contributed by atoms with van der Waals surface area (Å²) >= 11 is 5.37. The summed E-state index contributed by atoms with van der Waals surface area (Å²) < 4.78 is 45.9. The number of aliphatic hydroxyl groups is 1. The molecule has 9 heteroatoms. The van der Waals surface area contributed by atoms with Crippen molar-refractivity contribution in [2.24, 2.45) is 10.9 Å². The van der Waals surface area contributed by atoms with Gasteiger partial charge in [-0.15, -0.1) is 0 Å². The zero-order valence-electron chi connectivity index (χ0n) is 14.6. The van der Waals surface area contributed by atoms with Crippen molar-refractivity contribution in [2.75, 3.05) is 6.61 Å². The first-order valence-corrected chi connectivity index (χ1v) is 8.45. The average Bonchev–Trinajstić information content (AvgIpc) is 2.69. The highest BCUT2D eigenvalue weighted by molar-refractivity contribution is 6.31. The molecule has 0 saturated heterocycles. The van der Waals surface area contributed by atoms with Crippen LogP contribution in [0.25, 0.3) is 0 Å². The Hall–Kier alpha value is -2.71. The number of benzene rings is 2. The zero-order valence-corrected chi connectivity index (χ0v) is 15.3. The number of carbonyl (C=O) groups excluding carboxylic acids is 2. The standard InChI is InChI=1S/C19H15ClF3NO4/c1-2-28-19(27)13(8-24-11-5-3-10(9-25)4-6-11)18(26)12-7-14(21)17(23)15(20)16(12)22/h3-8,13,25H,2,9H2,1H3. The predicted octanol–water partition coefficient (Wildman–Crippen LogP) is 4.01. The van der Waals surface area contributed by atoms with Crippen molar-refractivity contribution in [3.8, 4) is 0 Å². The van der Waals surface area contributed by atoms with Crippen LogP contribution in [0.4, 0.5) is 18.9 Å². The summed E-state index contributed by atoms with van der Waals surface area (Å²) in [6.07, 6.45) is 0.920. The van der Waals surface area contributed by atoms with E-state index in [1.54, 1.807) is 12.1 Å². The maximum absolute atomic E-state index is 14.2. The number of carbonyl (C=O) groups is 2. The van der Waals surface area contributed by atoms with E-state index in [1.807, 2.05) is 0 Å². The number of aliphatic hydroxyl groups excluding tert-OH is 1. The molecule has 2 aromatic rings. The fourth-order valence-electron chi connectivity index (χ4n) is 2.24. The predicted molar refractivity (Wildman–Crippen MR) is 96.3 cm³/mol. The van der Waals surface area contributed by atoms with E-state index >= 15 is 0 Å². The van der Waals surface area contributed by atoms with Crippen LogP contribution in [0.15, 0.2) is 35.3 Å². The molecule has 0 heterocycles. The van der Waals surface area contributed by atoms with E-state index in [2.05, 4.69) is 4.99 Å². The molecule has 0 aliphatic rings. The van der Waals surface area contributed by atoms with Gasteiger partial charge < -0.3 is 9.84 Å². The third kappa shape index (κ3) is 4.76. The summed E-state index contributed by atoms with van der Waals surface area (Å²) in [5.41, 5.74) is 0.0580. The second-order valence-corrected chi connectivity index (χ2v) is 5.92. The van der Waals surface area contributed by atoms with Gasteiger partial charge in [-0.1, -0.05) is 23.7 Å². The normalized spacial score (nSPS) is 12.2. The zero-order chi connectivity index (χ0) is 20.8. The van der Waals surface area contributed by atoms with Crippen molar-refractivity contribution < 1.29 is 32.6 Å². The molecule has 1 unspecified atom stereocenters. The highest BCUT2D eigenvalue weighted by atomic mass is 35.5. The first-order valence-electron chi connectivity index (χ1n) is 8.08. The topological polar surface area (TPSA) is 76.0 Å². The first-order chi connectivity index (χ1) is 13.3. The Morgan fingerprint density at radius 1 is 1.21 bits per heavy atom. The Kier molecular flexibility index (Phi) is 7.31. The van der Waals surface area contributed by atoms with Crippen LogP contribution >= 0.6 is 11.6 Å². The SMILES string of the molecule is CCOC(=O)C(C=Nc1ccc(CO)cc1)C(=O)c1cc(F)c(F)c(Cl)c1F. The number of hydrogen-bond acceptors (Lipinski definition) is 5. The molecule has 5 nitrogen and oxygen atoms in total. The van der Waals surface area contributed by atoms with Crippen molar-refractivity contribution in [2.45, 2.75) is 13.5 Å². The number of rotatable bonds is 7. The minimum Gasteiger partial charge on any atom is -0.465 e. The smallest absolute Gasteiger partial charge is 0.322 e. The number of halogens is 4. The number of hydrogen-bond donors (Lipinski definition) is 1. The van der Waals surface area contributed by atoms with Crippen LogP contribution in [-0.4, -0.2) is 29.7 Å². The van der Waals surface area contributed by atoms with Crippen LogP contribution in [0.5, 0.6) is 0 Å². The molecule has 0 aliphatic carbocycles. The van der Waals surface area contributed by atoms with Gasteiger partial charge in [0.15, 0.2) is 29.2 Å². The molecule has 0 aromatic heterocycles. The lowest BCUT2D eigenvalue weighted by Crippen LogP contribution is -2.28. The largest absolute Gasteiger partial charge is 0.465 e. The summed E-state index contributed by atoms with van der Waals surface area (Å²) in [7, 11) is 0. The van der Waals surface area contributed by atoms with E-state index in [1.165, 1.54) is 19.1 Å².